The molecule has 0 heterocycles. The number of hydrogen-bond acceptors (Lipinski definition) is 4. The van der Waals surface area contributed by atoms with Gasteiger partial charge in [-0.25, -0.2) is 0 Å². The maximum absolute atomic E-state index is 11.9. The van der Waals surface area contributed by atoms with Crippen LogP contribution in [-0.4, -0.2) is 10.9 Å². The van der Waals surface area contributed by atoms with Crippen LogP contribution in [0.4, 0.5) is 5.69 Å². The smallest absolute Gasteiger partial charge is 0.310 e. The van der Waals surface area contributed by atoms with Gasteiger partial charge in [-0.3, -0.25) is 14.9 Å². The van der Waals surface area contributed by atoms with Crippen molar-refractivity contribution in [1.82, 2.24) is 0 Å². The number of non-ortho nitro benzene ring substituents is 1. The van der Waals surface area contributed by atoms with E-state index >= 15 is 0 Å². The van der Waals surface area contributed by atoms with Crippen molar-refractivity contribution in [2.45, 2.75) is 19.4 Å². The SMILES string of the molecule is C[C@@H](OC(=O)Cc1ccc([N+](=O)[O-])cc1)c1ccccc1Cl. The fraction of sp³-hybridized carbons (Fsp3) is 0.188. The summed E-state index contributed by atoms with van der Waals surface area (Å²) in [5.41, 5.74) is 1.38. The van der Waals surface area contributed by atoms with Crippen molar-refractivity contribution in [2.24, 2.45) is 0 Å². The largest absolute Gasteiger partial charge is 0.457 e. The molecule has 114 valence electrons. The molecule has 1 atom stereocenters. The zero-order valence-corrected chi connectivity index (χ0v) is 12.6. The Hall–Kier alpha value is -2.40. The molecule has 22 heavy (non-hydrogen) atoms. The highest BCUT2D eigenvalue weighted by Crippen LogP contribution is 2.25. The second-order valence-corrected chi connectivity index (χ2v) is 5.16. The van der Waals surface area contributed by atoms with Crippen molar-refractivity contribution >= 4 is 23.3 Å². The van der Waals surface area contributed by atoms with E-state index < -0.39 is 17.0 Å². The highest BCUT2D eigenvalue weighted by atomic mass is 35.5. The maximum Gasteiger partial charge on any atom is 0.310 e. The van der Waals surface area contributed by atoms with Crippen molar-refractivity contribution in [3.05, 3.63) is 74.8 Å². The van der Waals surface area contributed by atoms with Crippen LogP contribution in [0.3, 0.4) is 0 Å². The Morgan fingerprint density at radius 3 is 2.45 bits per heavy atom. The molecule has 0 aliphatic carbocycles. The van der Waals surface area contributed by atoms with Gasteiger partial charge in [0, 0.05) is 22.7 Å². The monoisotopic (exact) mass is 319 g/mol. The van der Waals surface area contributed by atoms with E-state index in [0.717, 1.165) is 5.56 Å². The first-order chi connectivity index (χ1) is 10.5. The zero-order chi connectivity index (χ0) is 16.1. The molecule has 0 aliphatic rings. The van der Waals surface area contributed by atoms with Crippen LogP contribution in [0.15, 0.2) is 48.5 Å². The van der Waals surface area contributed by atoms with E-state index in [1.54, 1.807) is 37.3 Å². The molecule has 2 aromatic rings. The van der Waals surface area contributed by atoms with E-state index in [1.807, 2.05) is 6.07 Å². The molecule has 0 aromatic heterocycles. The average Bonchev–Trinajstić information content (AvgIpc) is 2.48. The third-order valence-corrected chi connectivity index (χ3v) is 3.49. The van der Waals surface area contributed by atoms with Crippen LogP contribution < -0.4 is 0 Å². The maximum atomic E-state index is 11.9. The van der Waals surface area contributed by atoms with E-state index in [1.165, 1.54) is 12.1 Å². The summed E-state index contributed by atoms with van der Waals surface area (Å²) < 4.78 is 5.34. The van der Waals surface area contributed by atoms with Gasteiger partial charge in [-0.2, -0.15) is 0 Å². The Balaban J connectivity index is 1.98. The average molecular weight is 320 g/mol. The molecule has 0 amide bonds. The molecule has 0 N–H and O–H groups in total. The summed E-state index contributed by atoms with van der Waals surface area (Å²) in [6.07, 6.45) is -0.411. The molecule has 2 rings (SSSR count). The molecule has 0 fully saturated rings. The molecule has 0 aliphatic heterocycles. The molecule has 0 bridgehead atoms. The van der Waals surface area contributed by atoms with Gasteiger partial charge in [0.15, 0.2) is 0 Å². The number of esters is 1. The summed E-state index contributed by atoms with van der Waals surface area (Å²) >= 11 is 6.05. The third-order valence-electron chi connectivity index (χ3n) is 3.15. The summed E-state index contributed by atoms with van der Waals surface area (Å²) in [6.45, 7) is 1.74. The first kappa shape index (κ1) is 16.0. The summed E-state index contributed by atoms with van der Waals surface area (Å²) in [6, 6.07) is 13.0. The number of hydrogen-bond donors (Lipinski definition) is 0. The number of rotatable bonds is 5. The fourth-order valence-corrected chi connectivity index (χ4v) is 2.30. The highest BCUT2D eigenvalue weighted by molar-refractivity contribution is 6.31. The predicted molar refractivity (Wildman–Crippen MR) is 82.8 cm³/mol. The van der Waals surface area contributed by atoms with Crippen molar-refractivity contribution in [3.8, 4) is 0 Å². The Morgan fingerprint density at radius 1 is 1.23 bits per heavy atom. The third kappa shape index (κ3) is 4.05. The van der Waals surface area contributed by atoms with Gasteiger partial charge in [0.2, 0.25) is 0 Å². The number of nitro groups is 1. The molecule has 0 saturated heterocycles. The van der Waals surface area contributed by atoms with E-state index in [-0.39, 0.29) is 12.1 Å². The molecule has 5 nitrogen and oxygen atoms in total. The Labute approximate surface area is 132 Å². The Kier molecular flexibility index (Phi) is 5.12. The number of nitro benzene ring substituents is 1. The second-order valence-electron chi connectivity index (χ2n) is 4.75. The lowest BCUT2D eigenvalue weighted by atomic mass is 10.1. The lowest BCUT2D eigenvalue weighted by Gasteiger charge is -2.14. The molecule has 6 heteroatoms. The van der Waals surface area contributed by atoms with Gasteiger partial charge >= 0.3 is 5.97 Å². The molecule has 0 radical (unpaired) electrons. The number of carbonyl (C=O) groups excluding carboxylic acids is 1. The number of benzene rings is 2. The fourth-order valence-electron chi connectivity index (χ4n) is 2.01. The van der Waals surface area contributed by atoms with Gasteiger partial charge in [-0.1, -0.05) is 41.9 Å². The van der Waals surface area contributed by atoms with E-state index in [9.17, 15) is 14.9 Å². The van der Waals surface area contributed by atoms with Crippen LogP contribution in [0.2, 0.25) is 5.02 Å². The van der Waals surface area contributed by atoms with Crippen molar-refractivity contribution in [2.75, 3.05) is 0 Å². The topological polar surface area (TPSA) is 69.4 Å². The van der Waals surface area contributed by atoms with Crippen LogP contribution in [0, 0.1) is 10.1 Å². The summed E-state index contributed by atoms with van der Waals surface area (Å²) in [7, 11) is 0. The predicted octanol–water partition coefficient (Wildman–Crippen LogP) is 4.10. The van der Waals surface area contributed by atoms with Crippen LogP contribution in [0.1, 0.15) is 24.2 Å². The molecular formula is C16H14ClNO4. The van der Waals surface area contributed by atoms with Crippen LogP contribution in [-0.2, 0) is 16.0 Å². The van der Waals surface area contributed by atoms with Gasteiger partial charge in [0.25, 0.3) is 5.69 Å². The molecule has 0 unspecified atom stereocenters. The molecule has 0 saturated carbocycles. The van der Waals surface area contributed by atoms with Gasteiger partial charge in [-0.05, 0) is 18.6 Å². The number of halogens is 1. The van der Waals surface area contributed by atoms with Crippen LogP contribution >= 0.6 is 11.6 Å². The summed E-state index contributed by atoms with van der Waals surface area (Å²) in [5, 5.41) is 11.1. The Bertz CT molecular complexity index is 685. The van der Waals surface area contributed by atoms with Crippen molar-refractivity contribution in [3.63, 3.8) is 0 Å². The van der Waals surface area contributed by atoms with E-state index in [4.69, 9.17) is 16.3 Å². The quantitative estimate of drug-likeness (QED) is 0.472. The van der Waals surface area contributed by atoms with Gasteiger partial charge in [0.1, 0.15) is 6.10 Å². The number of carbonyl (C=O) groups is 1. The normalized spacial score (nSPS) is 11.7. The Morgan fingerprint density at radius 2 is 1.86 bits per heavy atom. The van der Waals surface area contributed by atoms with Crippen molar-refractivity contribution in [1.29, 1.82) is 0 Å². The lowest BCUT2D eigenvalue weighted by Crippen LogP contribution is -2.11. The summed E-state index contributed by atoms with van der Waals surface area (Å²) in [4.78, 5) is 22.0. The highest BCUT2D eigenvalue weighted by Gasteiger charge is 2.15. The first-order valence-corrected chi connectivity index (χ1v) is 7.02. The minimum Gasteiger partial charge on any atom is -0.457 e. The minimum absolute atomic E-state index is 0.0125. The molecular weight excluding hydrogens is 306 g/mol. The lowest BCUT2D eigenvalue weighted by molar-refractivity contribution is -0.384. The minimum atomic E-state index is -0.485. The van der Waals surface area contributed by atoms with Gasteiger partial charge in [-0.15, -0.1) is 0 Å². The molecule has 2 aromatic carbocycles. The van der Waals surface area contributed by atoms with E-state index in [2.05, 4.69) is 0 Å². The van der Waals surface area contributed by atoms with Crippen molar-refractivity contribution < 1.29 is 14.5 Å². The van der Waals surface area contributed by atoms with Crippen LogP contribution in [0.5, 0.6) is 0 Å². The zero-order valence-electron chi connectivity index (χ0n) is 11.9. The van der Waals surface area contributed by atoms with Gasteiger partial charge in [0.05, 0.1) is 11.3 Å². The van der Waals surface area contributed by atoms with Crippen LogP contribution in [0.25, 0.3) is 0 Å². The van der Waals surface area contributed by atoms with E-state index in [0.29, 0.717) is 10.6 Å². The number of nitrogens with zero attached hydrogens (tertiary/aromatic N) is 1. The standard InChI is InChI=1S/C16H14ClNO4/c1-11(14-4-2-3-5-15(14)17)22-16(19)10-12-6-8-13(9-7-12)18(20)21/h2-9,11H,10H2,1H3/t11-/m1/s1. The number of ether oxygens (including phenoxy) is 1. The second kappa shape index (κ2) is 7.04. The summed E-state index contributed by atoms with van der Waals surface area (Å²) in [5.74, 6) is -0.415. The molecule has 0 spiro atoms. The van der Waals surface area contributed by atoms with Gasteiger partial charge < -0.3 is 4.74 Å². The first-order valence-electron chi connectivity index (χ1n) is 6.64.